The summed E-state index contributed by atoms with van der Waals surface area (Å²) in [6.45, 7) is 3.44. The standard InChI is InChI=1S/C19H27FN4O3/c1-12-10-14(22-17(25)15-11-16(27-23-15)13-2-3-13)4-9-24(12)18(26)19(20)5-7-21-8-6-19/h11-14,21H,2-10H2,1H3,(H,22,25)/t12-,14?/m0/s1. The number of nitrogens with zero attached hydrogens (tertiary/aromatic N) is 2. The van der Waals surface area contributed by atoms with Crippen LogP contribution in [0, 0.1) is 0 Å². The molecule has 0 aromatic carbocycles. The lowest BCUT2D eigenvalue weighted by Crippen LogP contribution is -2.57. The van der Waals surface area contributed by atoms with Crippen molar-refractivity contribution in [3.63, 3.8) is 0 Å². The van der Waals surface area contributed by atoms with Crippen molar-refractivity contribution in [2.24, 2.45) is 0 Å². The third-order valence-corrected chi connectivity index (χ3v) is 5.99. The van der Waals surface area contributed by atoms with Gasteiger partial charge in [0.2, 0.25) is 0 Å². The Hall–Kier alpha value is -1.96. The maximum absolute atomic E-state index is 15.0. The van der Waals surface area contributed by atoms with E-state index in [9.17, 15) is 9.59 Å². The molecule has 4 rings (SSSR count). The topological polar surface area (TPSA) is 87.5 Å². The fourth-order valence-electron chi connectivity index (χ4n) is 4.12. The molecule has 2 N–H and O–H groups in total. The van der Waals surface area contributed by atoms with Gasteiger partial charge >= 0.3 is 0 Å². The number of carbonyl (C=O) groups excluding carboxylic acids is 2. The minimum absolute atomic E-state index is 0.0544. The minimum atomic E-state index is -1.75. The van der Waals surface area contributed by atoms with Gasteiger partial charge in [-0.3, -0.25) is 9.59 Å². The average Bonchev–Trinajstić information content (AvgIpc) is 3.38. The average molecular weight is 378 g/mol. The fraction of sp³-hybridized carbons (Fsp3) is 0.737. The molecule has 2 saturated heterocycles. The zero-order valence-electron chi connectivity index (χ0n) is 15.7. The maximum atomic E-state index is 15.0. The Morgan fingerprint density at radius 2 is 2.07 bits per heavy atom. The Labute approximate surface area is 158 Å². The molecule has 0 radical (unpaired) electrons. The molecule has 8 heteroatoms. The molecule has 1 aromatic rings. The van der Waals surface area contributed by atoms with Crippen molar-refractivity contribution < 1.29 is 18.5 Å². The van der Waals surface area contributed by atoms with Gasteiger partial charge in [-0.15, -0.1) is 0 Å². The molecule has 0 bridgehead atoms. The lowest BCUT2D eigenvalue weighted by Gasteiger charge is -2.42. The molecule has 7 nitrogen and oxygen atoms in total. The molecule has 148 valence electrons. The molecule has 1 saturated carbocycles. The van der Waals surface area contributed by atoms with E-state index in [0.717, 1.165) is 18.6 Å². The summed E-state index contributed by atoms with van der Waals surface area (Å²) in [7, 11) is 0. The zero-order valence-corrected chi connectivity index (χ0v) is 15.7. The number of carbonyl (C=O) groups is 2. The molecular weight excluding hydrogens is 351 g/mol. The van der Waals surface area contributed by atoms with Gasteiger partial charge < -0.3 is 20.1 Å². The second-order valence-electron chi connectivity index (χ2n) is 8.15. The Morgan fingerprint density at radius 3 is 2.74 bits per heavy atom. The number of hydrogen-bond donors (Lipinski definition) is 2. The number of hydrogen-bond acceptors (Lipinski definition) is 5. The lowest BCUT2D eigenvalue weighted by atomic mass is 9.90. The number of amides is 2. The SMILES string of the molecule is C[C@H]1CC(NC(=O)c2cc(C3CC3)on2)CCN1C(=O)C1(F)CCNCC1. The number of aromatic nitrogens is 1. The van der Waals surface area contributed by atoms with Gasteiger partial charge in [-0.05, 0) is 45.7 Å². The van der Waals surface area contributed by atoms with Crippen molar-refractivity contribution in [2.45, 2.75) is 69.1 Å². The summed E-state index contributed by atoms with van der Waals surface area (Å²) >= 11 is 0. The van der Waals surface area contributed by atoms with E-state index in [2.05, 4.69) is 15.8 Å². The van der Waals surface area contributed by atoms with E-state index in [1.54, 1.807) is 11.0 Å². The van der Waals surface area contributed by atoms with Gasteiger partial charge in [0.1, 0.15) is 5.76 Å². The molecule has 2 aliphatic heterocycles. The van der Waals surface area contributed by atoms with Crippen LogP contribution in [0.1, 0.15) is 67.6 Å². The number of likely N-dealkylation sites (tertiary alicyclic amines) is 1. The summed E-state index contributed by atoms with van der Waals surface area (Å²) in [5.41, 5.74) is -1.45. The predicted molar refractivity (Wildman–Crippen MR) is 96.1 cm³/mol. The van der Waals surface area contributed by atoms with Crippen molar-refractivity contribution in [1.82, 2.24) is 20.7 Å². The van der Waals surface area contributed by atoms with Crippen molar-refractivity contribution in [3.8, 4) is 0 Å². The lowest BCUT2D eigenvalue weighted by molar-refractivity contribution is -0.149. The Bertz CT molecular complexity index is 712. The quantitative estimate of drug-likeness (QED) is 0.834. The molecular formula is C19H27FN4O3. The Morgan fingerprint density at radius 1 is 1.33 bits per heavy atom. The maximum Gasteiger partial charge on any atom is 0.273 e. The van der Waals surface area contributed by atoms with E-state index in [4.69, 9.17) is 4.52 Å². The molecule has 2 amide bonds. The van der Waals surface area contributed by atoms with Gasteiger partial charge in [0, 0.05) is 43.5 Å². The smallest absolute Gasteiger partial charge is 0.273 e. The first-order valence-electron chi connectivity index (χ1n) is 9.94. The van der Waals surface area contributed by atoms with Gasteiger partial charge in [0.25, 0.3) is 11.8 Å². The summed E-state index contributed by atoms with van der Waals surface area (Å²) in [5.74, 6) is 0.551. The van der Waals surface area contributed by atoms with Crippen LogP contribution in [-0.2, 0) is 4.79 Å². The number of rotatable bonds is 4. The zero-order chi connectivity index (χ0) is 19.0. The number of halogens is 1. The molecule has 27 heavy (non-hydrogen) atoms. The molecule has 3 heterocycles. The van der Waals surface area contributed by atoms with E-state index < -0.39 is 11.6 Å². The van der Waals surface area contributed by atoms with Crippen LogP contribution in [-0.4, -0.2) is 59.3 Å². The van der Waals surface area contributed by atoms with Crippen LogP contribution in [0.2, 0.25) is 0 Å². The van der Waals surface area contributed by atoms with E-state index in [1.165, 1.54) is 0 Å². The second kappa shape index (κ2) is 7.22. The molecule has 1 aromatic heterocycles. The summed E-state index contributed by atoms with van der Waals surface area (Å²) in [6.07, 6.45) is 3.86. The molecule has 3 aliphatic rings. The highest BCUT2D eigenvalue weighted by molar-refractivity contribution is 5.92. The fourth-order valence-corrected chi connectivity index (χ4v) is 4.12. The van der Waals surface area contributed by atoms with Crippen LogP contribution >= 0.6 is 0 Å². The van der Waals surface area contributed by atoms with Crippen molar-refractivity contribution in [3.05, 3.63) is 17.5 Å². The molecule has 3 fully saturated rings. The monoisotopic (exact) mass is 378 g/mol. The summed E-state index contributed by atoms with van der Waals surface area (Å²) in [6, 6.07) is 1.55. The summed E-state index contributed by atoms with van der Waals surface area (Å²) in [4.78, 5) is 26.8. The van der Waals surface area contributed by atoms with E-state index in [-0.39, 0.29) is 30.8 Å². The normalized spacial score (nSPS) is 28.0. The highest BCUT2D eigenvalue weighted by Gasteiger charge is 2.45. The molecule has 1 unspecified atom stereocenters. The van der Waals surface area contributed by atoms with Gasteiger partial charge in [-0.25, -0.2) is 4.39 Å². The van der Waals surface area contributed by atoms with Crippen molar-refractivity contribution >= 4 is 11.8 Å². The van der Waals surface area contributed by atoms with Crippen LogP contribution in [0.4, 0.5) is 4.39 Å². The molecule has 2 atom stereocenters. The second-order valence-corrected chi connectivity index (χ2v) is 8.15. The van der Waals surface area contributed by atoms with Crippen LogP contribution < -0.4 is 10.6 Å². The number of alkyl halides is 1. The largest absolute Gasteiger partial charge is 0.360 e. The predicted octanol–water partition coefficient (Wildman–Crippen LogP) is 1.75. The highest BCUT2D eigenvalue weighted by atomic mass is 19.1. The highest BCUT2D eigenvalue weighted by Crippen LogP contribution is 2.40. The van der Waals surface area contributed by atoms with Crippen molar-refractivity contribution in [2.75, 3.05) is 19.6 Å². The van der Waals surface area contributed by atoms with Crippen LogP contribution in [0.5, 0.6) is 0 Å². The first-order valence-corrected chi connectivity index (χ1v) is 9.94. The Kier molecular flexibility index (Phi) is 4.92. The minimum Gasteiger partial charge on any atom is -0.360 e. The van der Waals surface area contributed by atoms with Gasteiger partial charge in [-0.1, -0.05) is 5.16 Å². The third-order valence-electron chi connectivity index (χ3n) is 5.99. The van der Waals surface area contributed by atoms with Crippen LogP contribution in [0.3, 0.4) is 0 Å². The van der Waals surface area contributed by atoms with Gasteiger partial charge in [-0.2, -0.15) is 0 Å². The number of nitrogens with one attached hydrogen (secondary N) is 2. The van der Waals surface area contributed by atoms with Gasteiger partial charge in [0.05, 0.1) is 0 Å². The first kappa shape index (κ1) is 18.4. The Balaban J connectivity index is 1.32. The first-order chi connectivity index (χ1) is 13.0. The van der Waals surface area contributed by atoms with E-state index in [0.29, 0.717) is 44.1 Å². The summed E-state index contributed by atoms with van der Waals surface area (Å²) < 4.78 is 20.2. The third kappa shape index (κ3) is 3.85. The van der Waals surface area contributed by atoms with Crippen LogP contribution in [0.15, 0.2) is 10.6 Å². The van der Waals surface area contributed by atoms with Gasteiger partial charge in [0.15, 0.2) is 11.4 Å². The van der Waals surface area contributed by atoms with Crippen LogP contribution in [0.25, 0.3) is 0 Å². The van der Waals surface area contributed by atoms with E-state index >= 15 is 4.39 Å². The number of piperidine rings is 2. The summed E-state index contributed by atoms with van der Waals surface area (Å²) in [5, 5.41) is 9.95. The molecule has 1 aliphatic carbocycles. The van der Waals surface area contributed by atoms with E-state index in [1.807, 2.05) is 6.92 Å². The molecule has 0 spiro atoms. The van der Waals surface area contributed by atoms with Crippen molar-refractivity contribution in [1.29, 1.82) is 0 Å².